The van der Waals surface area contributed by atoms with E-state index in [-0.39, 0.29) is 29.8 Å². The Morgan fingerprint density at radius 2 is 1.91 bits per heavy atom. The lowest BCUT2D eigenvalue weighted by atomic mass is 10.1. The quantitative estimate of drug-likeness (QED) is 0.215. The second-order valence-electron chi connectivity index (χ2n) is 7.36. The van der Waals surface area contributed by atoms with Gasteiger partial charge in [-0.3, -0.25) is 4.99 Å². The van der Waals surface area contributed by atoms with Crippen molar-refractivity contribution in [3.05, 3.63) is 54.0 Å². The van der Waals surface area contributed by atoms with Crippen molar-refractivity contribution in [3.8, 4) is 11.6 Å². The van der Waals surface area contributed by atoms with Crippen molar-refractivity contribution in [2.75, 3.05) is 40.5 Å². The van der Waals surface area contributed by atoms with Gasteiger partial charge in [0.25, 0.3) is 0 Å². The SMILES string of the molecule is CN=C(NCc1ccc(Oc2ccc(F)cc2)nc1)N1CCC(OCCCOC)CC1.I. The fourth-order valence-electron chi connectivity index (χ4n) is 3.40. The summed E-state index contributed by atoms with van der Waals surface area (Å²) in [7, 11) is 3.51. The zero-order valence-corrected chi connectivity index (χ0v) is 21.0. The molecule has 1 aromatic carbocycles. The summed E-state index contributed by atoms with van der Waals surface area (Å²) in [5.41, 5.74) is 1.02. The van der Waals surface area contributed by atoms with Gasteiger partial charge < -0.3 is 24.4 Å². The molecule has 0 saturated carbocycles. The summed E-state index contributed by atoms with van der Waals surface area (Å²) in [5.74, 6) is 1.59. The lowest BCUT2D eigenvalue weighted by Gasteiger charge is -2.34. The Morgan fingerprint density at radius 1 is 1.16 bits per heavy atom. The Labute approximate surface area is 206 Å². The van der Waals surface area contributed by atoms with E-state index in [2.05, 4.69) is 20.2 Å². The summed E-state index contributed by atoms with van der Waals surface area (Å²) in [5, 5.41) is 3.40. The van der Waals surface area contributed by atoms with Crippen molar-refractivity contribution in [1.29, 1.82) is 0 Å². The number of aliphatic imine (C=N–C) groups is 1. The number of nitrogens with one attached hydrogen (secondary N) is 1. The Kier molecular flexibility index (Phi) is 11.7. The number of ether oxygens (including phenoxy) is 3. The van der Waals surface area contributed by atoms with Gasteiger partial charge in [0, 0.05) is 59.3 Å². The van der Waals surface area contributed by atoms with Crippen LogP contribution in [0.5, 0.6) is 11.6 Å². The minimum absolute atomic E-state index is 0. The average molecular weight is 558 g/mol. The number of aromatic nitrogens is 1. The summed E-state index contributed by atoms with van der Waals surface area (Å²) in [6, 6.07) is 9.61. The molecule has 9 heteroatoms. The molecule has 0 amide bonds. The molecule has 0 aliphatic carbocycles. The van der Waals surface area contributed by atoms with E-state index in [4.69, 9.17) is 14.2 Å². The fourth-order valence-corrected chi connectivity index (χ4v) is 3.40. The van der Waals surface area contributed by atoms with E-state index in [0.29, 0.717) is 24.3 Å². The number of pyridine rings is 1. The molecule has 1 aliphatic rings. The molecule has 0 unspecified atom stereocenters. The Hall–Kier alpha value is -1.98. The summed E-state index contributed by atoms with van der Waals surface area (Å²) in [4.78, 5) is 11.0. The molecule has 1 fully saturated rings. The van der Waals surface area contributed by atoms with Gasteiger partial charge in [0.05, 0.1) is 6.10 Å². The third kappa shape index (κ3) is 8.51. The third-order valence-electron chi connectivity index (χ3n) is 5.08. The highest BCUT2D eigenvalue weighted by Gasteiger charge is 2.21. The van der Waals surface area contributed by atoms with Gasteiger partial charge in [-0.2, -0.15) is 0 Å². The van der Waals surface area contributed by atoms with Crippen LogP contribution in [-0.2, 0) is 16.0 Å². The molecule has 0 atom stereocenters. The summed E-state index contributed by atoms with van der Waals surface area (Å²) in [6.07, 6.45) is 4.99. The lowest BCUT2D eigenvalue weighted by Crippen LogP contribution is -2.46. The molecule has 1 saturated heterocycles. The van der Waals surface area contributed by atoms with E-state index in [1.807, 2.05) is 6.07 Å². The molecule has 32 heavy (non-hydrogen) atoms. The van der Waals surface area contributed by atoms with Gasteiger partial charge in [0.15, 0.2) is 5.96 Å². The van der Waals surface area contributed by atoms with Crippen LogP contribution < -0.4 is 10.1 Å². The van der Waals surface area contributed by atoms with Crippen LogP contribution in [0.1, 0.15) is 24.8 Å². The van der Waals surface area contributed by atoms with Gasteiger partial charge in [-0.1, -0.05) is 6.07 Å². The number of piperidine rings is 1. The van der Waals surface area contributed by atoms with Crippen molar-refractivity contribution in [1.82, 2.24) is 15.2 Å². The normalized spacial score (nSPS) is 14.7. The largest absolute Gasteiger partial charge is 0.439 e. The molecule has 7 nitrogen and oxygen atoms in total. The van der Waals surface area contributed by atoms with Crippen molar-refractivity contribution in [2.24, 2.45) is 4.99 Å². The van der Waals surface area contributed by atoms with Crippen molar-refractivity contribution >= 4 is 29.9 Å². The first-order valence-electron chi connectivity index (χ1n) is 10.6. The monoisotopic (exact) mass is 558 g/mol. The fraction of sp³-hybridized carbons (Fsp3) is 0.478. The molecule has 2 heterocycles. The molecule has 0 spiro atoms. The first kappa shape index (κ1) is 26.3. The lowest BCUT2D eigenvalue weighted by molar-refractivity contribution is 0.00989. The summed E-state index contributed by atoms with van der Waals surface area (Å²) in [6.45, 7) is 3.93. The molecule has 176 valence electrons. The molecule has 1 aliphatic heterocycles. The van der Waals surface area contributed by atoms with E-state index in [0.717, 1.165) is 57.1 Å². The number of hydrogen-bond donors (Lipinski definition) is 1. The number of nitrogens with zero attached hydrogens (tertiary/aromatic N) is 3. The number of guanidine groups is 1. The maximum absolute atomic E-state index is 13.0. The van der Waals surface area contributed by atoms with Gasteiger partial charge in [0.2, 0.25) is 5.88 Å². The van der Waals surface area contributed by atoms with Crippen LogP contribution in [0.25, 0.3) is 0 Å². The van der Waals surface area contributed by atoms with Gasteiger partial charge in [-0.05, 0) is 49.1 Å². The van der Waals surface area contributed by atoms with E-state index in [9.17, 15) is 4.39 Å². The molecule has 1 N–H and O–H groups in total. The molecule has 1 aromatic heterocycles. The predicted octanol–water partition coefficient (Wildman–Crippen LogP) is 4.22. The summed E-state index contributed by atoms with van der Waals surface area (Å²) >= 11 is 0. The molecular formula is C23H32FIN4O3. The van der Waals surface area contributed by atoms with Gasteiger partial charge in [-0.25, -0.2) is 9.37 Å². The first-order chi connectivity index (χ1) is 15.2. The predicted molar refractivity (Wildman–Crippen MR) is 133 cm³/mol. The van der Waals surface area contributed by atoms with Gasteiger partial charge in [0.1, 0.15) is 11.6 Å². The highest BCUT2D eigenvalue weighted by atomic mass is 127. The van der Waals surface area contributed by atoms with Crippen LogP contribution in [0.15, 0.2) is 47.6 Å². The Morgan fingerprint density at radius 3 is 2.53 bits per heavy atom. The molecule has 2 aromatic rings. The van der Waals surface area contributed by atoms with Crippen LogP contribution in [0.2, 0.25) is 0 Å². The van der Waals surface area contributed by atoms with Crippen molar-refractivity contribution in [3.63, 3.8) is 0 Å². The third-order valence-corrected chi connectivity index (χ3v) is 5.08. The van der Waals surface area contributed by atoms with Gasteiger partial charge >= 0.3 is 0 Å². The second-order valence-corrected chi connectivity index (χ2v) is 7.36. The zero-order chi connectivity index (χ0) is 21.9. The number of hydrogen-bond acceptors (Lipinski definition) is 5. The number of rotatable bonds is 9. The average Bonchev–Trinajstić information content (AvgIpc) is 2.80. The number of benzene rings is 1. The minimum atomic E-state index is -0.297. The van der Waals surface area contributed by atoms with Crippen LogP contribution in [0.3, 0.4) is 0 Å². The summed E-state index contributed by atoms with van der Waals surface area (Å²) < 4.78 is 29.6. The first-order valence-corrected chi connectivity index (χ1v) is 10.6. The maximum Gasteiger partial charge on any atom is 0.219 e. The highest BCUT2D eigenvalue weighted by molar-refractivity contribution is 14.0. The standard InChI is InChI=1S/C23H31FN4O3.HI/c1-25-23(28-12-10-20(11-13-28)30-15-3-14-29-2)27-17-18-4-9-22(26-16-18)31-21-7-5-19(24)6-8-21;/h4-9,16,20H,3,10-15,17H2,1-2H3,(H,25,27);1H. The second kappa shape index (κ2) is 14.2. The molecule has 3 rings (SSSR count). The van der Waals surface area contributed by atoms with E-state index >= 15 is 0 Å². The number of halogens is 2. The maximum atomic E-state index is 13.0. The number of methoxy groups -OCH3 is 1. The zero-order valence-electron chi connectivity index (χ0n) is 18.6. The Bertz CT molecular complexity index is 813. The molecular weight excluding hydrogens is 526 g/mol. The number of likely N-dealkylation sites (tertiary alicyclic amines) is 1. The molecule has 0 radical (unpaired) electrons. The van der Waals surface area contributed by atoms with Crippen molar-refractivity contribution < 1.29 is 18.6 Å². The Balaban J connectivity index is 0.00000363. The van der Waals surface area contributed by atoms with E-state index in [1.165, 1.54) is 12.1 Å². The van der Waals surface area contributed by atoms with E-state index in [1.54, 1.807) is 38.6 Å². The van der Waals surface area contributed by atoms with Crippen LogP contribution >= 0.6 is 24.0 Å². The highest BCUT2D eigenvalue weighted by Crippen LogP contribution is 2.19. The smallest absolute Gasteiger partial charge is 0.219 e. The van der Waals surface area contributed by atoms with Crippen LogP contribution in [-0.4, -0.2) is 62.4 Å². The van der Waals surface area contributed by atoms with Gasteiger partial charge in [-0.15, -0.1) is 24.0 Å². The van der Waals surface area contributed by atoms with Crippen LogP contribution in [0.4, 0.5) is 4.39 Å². The van der Waals surface area contributed by atoms with Crippen molar-refractivity contribution in [2.45, 2.75) is 31.9 Å². The topological polar surface area (TPSA) is 68.2 Å². The molecule has 0 bridgehead atoms. The van der Waals surface area contributed by atoms with Crippen LogP contribution in [0, 0.1) is 5.82 Å². The minimum Gasteiger partial charge on any atom is -0.439 e. The van der Waals surface area contributed by atoms with E-state index < -0.39 is 0 Å².